The summed E-state index contributed by atoms with van der Waals surface area (Å²) in [6, 6.07) is 27.6. The van der Waals surface area contributed by atoms with Crippen LogP contribution in [0, 0.1) is 0 Å². The maximum atomic E-state index is 12.9. The van der Waals surface area contributed by atoms with E-state index >= 15 is 0 Å². The first-order valence-corrected chi connectivity index (χ1v) is 8.66. The monoisotopic (exact) mass is 355 g/mol. The van der Waals surface area contributed by atoms with Crippen molar-refractivity contribution in [1.82, 2.24) is 5.32 Å². The van der Waals surface area contributed by atoms with Gasteiger partial charge in [-0.25, -0.2) is 4.79 Å². The Kier molecular flexibility index (Phi) is 4.54. The van der Waals surface area contributed by atoms with E-state index in [-0.39, 0.29) is 11.6 Å². The summed E-state index contributed by atoms with van der Waals surface area (Å²) in [6.07, 6.45) is 0. The zero-order valence-electron chi connectivity index (χ0n) is 14.5. The lowest BCUT2D eigenvalue weighted by Crippen LogP contribution is -2.32. The minimum Gasteiger partial charge on any atom is -0.422 e. The predicted octanol–water partition coefficient (Wildman–Crippen LogP) is 4.31. The van der Waals surface area contributed by atoms with E-state index in [0.717, 1.165) is 11.1 Å². The minimum atomic E-state index is -0.647. The number of fused-ring (bicyclic) bond motifs is 1. The molecule has 132 valence electrons. The van der Waals surface area contributed by atoms with Crippen LogP contribution in [0.25, 0.3) is 11.0 Å². The Morgan fingerprint density at radius 3 is 1.96 bits per heavy atom. The molecule has 4 nitrogen and oxygen atoms in total. The van der Waals surface area contributed by atoms with Crippen molar-refractivity contribution in [3.05, 3.63) is 118 Å². The van der Waals surface area contributed by atoms with E-state index in [1.807, 2.05) is 66.7 Å². The molecule has 0 saturated heterocycles. The Hall–Kier alpha value is -3.66. The fraction of sp³-hybridized carbons (Fsp3) is 0.0435. The molecule has 0 fully saturated rings. The molecule has 0 aliphatic rings. The van der Waals surface area contributed by atoms with E-state index in [1.165, 1.54) is 0 Å². The molecular formula is C23H17NO3. The van der Waals surface area contributed by atoms with Crippen LogP contribution < -0.4 is 10.9 Å². The van der Waals surface area contributed by atoms with E-state index < -0.39 is 11.5 Å². The molecule has 0 unspecified atom stereocenters. The summed E-state index contributed by atoms with van der Waals surface area (Å²) in [4.78, 5) is 25.2. The van der Waals surface area contributed by atoms with Gasteiger partial charge < -0.3 is 9.73 Å². The van der Waals surface area contributed by atoms with Crippen molar-refractivity contribution in [3.63, 3.8) is 0 Å². The van der Waals surface area contributed by atoms with Crippen LogP contribution in [0.15, 0.2) is 100 Å². The first kappa shape index (κ1) is 16.8. The Morgan fingerprint density at radius 2 is 1.33 bits per heavy atom. The van der Waals surface area contributed by atoms with Crippen LogP contribution in [0.3, 0.4) is 0 Å². The number of nitrogens with one attached hydrogen (secondary N) is 1. The molecule has 1 aromatic heterocycles. The van der Waals surface area contributed by atoms with E-state index in [9.17, 15) is 9.59 Å². The lowest BCUT2D eigenvalue weighted by Gasteiger charge is -2.19. The Morgan fingerprint density at radius 1 is 0.778 bits per heavy atom. The van der Waals surface area contributed by atoms with Crippen LogP contribution in [0.5, 0.6) is 0 Å². The fourth-order valence-corrected chi connectivity index (χ4v) is 3.08. The number of hydrogen-bond acceptors (Lipinski definition) is 3. The van der Waals surface area contributed by atoms with Gasteiger partial charge in [-0.3, -0.25) is 4.79 Å². The molecule has 0 bridgehead atoms. The SMILES string of the molecule is O=C(NC(c1ccccc1)c1ccccc1)c1cc2ccccc2oc1=O. The lowest BCUT2D eigenvalue weighted by atomic mass is 9.98. The van der Waals surface area contributed by atoms with E-state index in [1.54, 1.807) is 24.3 Å². The predicted molar refractivity (Wildman–Crippen MR) is 105 cm³/mol. The number of amides is 1. The highest BCUT2D eigenvalue weighted by molar-refractivity contribution is 5.97. The van der Waals surface area contributed by atoms with Crippen molar-refractivity contribution in [2.24, 2.45) is 0 Å². The summed E-state index contributed by atoms with van der Waals surface area (Å²) in [7, 11) is 0. The molecule has 1 amide bonds. The fourth-order valence-electron chi connectivity index (χ4n) is 3.08. The van der Waals surface area contributed by atoms with Crippen LogP contribution in [-0.2, 0) is 0 Å². The number of carbonyl (C=O) groups is 1. The Labute approximate surface area is 156 Å². The molecule has 0 spiro atoms. The van der Waals surface area contributed by atoms with E-state index in [4.69, 9.17) is 4.42 Å². The zero-order chi connectivity index (χ0) is 18.6. The van der Waals surface area contributed by atoms with Gasteiger partial charge in [0.15, 0.2) is 0 Å². The number of rotatable bonds is 4. The third-order valence-electron chi connectivity index (χ3n) is 4.43. The van der Waals surface area contributed by atoms with Gasteiger partial charge in [-0.05, 0) is 23.3 Å². The van der Waals surface area contributed by atoms with E-state index in [0.29, 0.717) is 11.0 Å². The van der Waals surface area contributed by atoms with Gasteiger partial charge in [0.05, 0.1) is 6.04 Å². The highest BCUT2D eigenvalue weighted by Crippen LogP contribution is 2.22. The maximum absolute atomic E-state index is 12.9. The van der Waals surface area contributed by atoms with Crippen LogP contribution in [-0.4, -0.2) is 5.91 Å². The molecule has 0 atom stereocenters. The molecule has 0 aliphatic heterocycles. The quantitative estimate of drug-likeness (QED) is 0.555. The summed E-state index contributed by atoms with van der Waals surface area (Å²) in [5, 5.41) is 3.68. The molecule has 1 N–H and O–H groups in total. The number of benzene rings is 3. The molecule has 1 heterocycles. The summed E-state index contributed by atoms with van der Waals surface area (Å²) in [5.41, 5.74) is 1.67. The van der Waals surface area contributed by atoms with Gasteiger partial charge in [0.1, 0.15) is 11.1 Å². The molecule has 4 rings (SSSR count). The smallest absolute Gasteiger partial charge is 0.349 e. The van der Waals surface area contributed by atoms with Gasteiger partial charge in [-0.2, -0.15) is 0 Å². The van der Waals surface area contributed by atoms with Gasteiger partial charge in [0, 0.05) is 5.39 Å². The first-order chi connectivity index (χ1) is 13.2. The third-order valence-corrected chi connectivity index (χ3v) is 4.43. The summed E-state index contributed by atoms with van der Waals surface area (Å²) in [5.74, 6) is -0.466. The van der Waals surface area contributed by atoms with Crippen molar-refractivity contribution in [2.45, 2.75) is 6.04 Å². The normalized spacial score (nSPS) is 10.9. The number of hydrogen-bond donors (Lipinski definition) is 1. The molecule has 0 aliphatic carbocycles. The largest absolute Gasteiger partial charge is 0.422 e. The van der Waals surface area contributed by atoms with Crippen LogP contribution in [0.1, 0.15) is 27.5 Å². The highest BCUT2D eigenvalue weighted by atomic mass is 16.4. The second-order valence-corrected chi connectivity index (χ2v) is 6.21. The first-order valence-electron chi connectivity index (χ1n) is 8.66. The van der Waals surface area contributed by atoms with Crippen LogP contribution >= 0.6 is 0 Å². The average molecular weight is 355 g/mol. The van der Waals surface area contributed by atoms with Crippen LogP contribution in [0.4, 0.5) is 0 Å². The molecule has 0 radical (unpaired) electrons. The average Bonchev–Trinajstić information content (AvgIpc) is 2.72. The van der Waals surface area contributed by atoms with Gasteiger partial charge in [-0.15, -0.1) is 0 Å². The Balaban J connectivity index is 1.72. The lowest BCUT2D eigenvalue weighted by molar-refractivity contribution is 0.0939. The summed E-state index contributed by atoms with van der Waals surface area (Å²) >= 11 is 0. The molecule has 4 aromatic rings. The van der Waals surface area contributed by atoms with E-state index in [2.05, 4.69) is 5.32 Å². The van der Waals surface area contributed by atoms with Crippen molar-refractivity contribution >= 4 is 16.9 Å². The zero-order valence-corrected chi connectivity index (χ0v) is 14.5. The van der Waals surface area contributed by atoms with Gasteiger partial charge in [-0.1, -0.05) is 78.9 Å². The summed E-state index contributed by atoms with van der Waals surface area (Å²) in [6.45, 7) is 0. The van der Waals surface area contributed by atoms with Gasteiger partial charge in [0.25, 0.3) is 5.91 Å². The van der Waals surface area contributed by atoms with Crippen molar-refractivity contribution in [2.75, 3.05) is 0 Å². The third kappa shape index (κ3) is 3.51. The standard InChI is InChI=1S/C23H17NO3/c25-22(19-15-18-13-7-8-14-20(18)27-23(19)26)24-21(16-9-3-1-4-10-16)17-11-5-2-6-12-17/h1-15,21H,(H,24,25). The second-order valence-electron chi connectivity index (χ2n) is 6.21. The van der Waals surface area contributed by atoms with Crippen LogP contribution in [0.2, 0.25) is 0 Å². The van der Waals surface area contributed by atoms with Gasteiger partial charge >= 0.3 is 5.63 Å². The molecule has 0 saturated carbocycles. The maximum Gasteiger partial charge on any atom is 0.349 e. The Bertz CT molecular complexity index is 1090. The highest BCUT2D eigenvalue weighted by Gasteiger charge is 2.20. The minimum absolute atomic E-state index is 0.00874. The molecule has 4 heteroatoms. The van der Waals surface area contributed by atoms with Gasteiger partial charge in [0.2, 0.25) is 0 Å². The van der Waals surface area contributed by atoms with Crippen molar-refractivity contribution < 1.29 is 9.21 Å². The van der Waals surface area contributed by atoms with Crippen molar-refractivity contribution in [1.29, 1.82) is 0 Å². The van der Waals surface area contributed by atoms with Crippen molar-refractivity contribution in [3.8, 4) is 0 Å². The second kappa shape index (κ2) is 7.30. The molecule has 27 heavy (non-hydrogen) atoms. The number of para-hydroxylation sites is 1. The number of carbonyl (C=O) groups excluding carboxylic acids is 1. The topological polar surface area (TPSA) is 59.3 Å². The molecule has 3 aromatic carbocycles. The molecular weight excluding hydrogens is 338 g/mol. The summed E-state index contributed by atoms with van der Waals surface area (Å²) < 4.78 is 5.29.